The number of nitrogens with two attached hydrogens (primary N) is 1. The molecule has 7 heteroatoms. The Morgan fingerprint density at radius 2 is 2.09 bits per heavy atom. The van der Waals surface area contributed by atoms with Crippen molar-refractivity contribution < 1.29 is 14.0 Å². The first-order valence-electron chi connectivity index (χ1n) is 7.11. The molecule has 0 fully saturated rings. The van der Waals surface area contributed by atoms with Crippen LogP contribution in [0.15, 0.2) is 39.4 Å². The van der Waals surface area contributed by atoms with E-state index in [1.807, 2.05) is 25.1 Å². The molecular formula is C16H18BrN3O3. The summed E-state index contributed by atoms with van der Waals surface area (Å²) in [6.45, 7) is 2.39. The van der Waals surface area contributed by atoms with Crippen molar-refractivity contribution in [1.82, 2.24) is 5.32 Å². The van der Waals surface area contributed by atoms with E-state index in [2.05, 4.69) is 26.6 Å². The molecule has 0 aliphatic rings. The zero-order valence-corrected chi connectivity index (χ0v) is 14.3. The first-order valence-corrected chi connectivity index (χ1v) is 7.90. The van der Waals surface area contributed by atoms with Crippen LogP contribution in [0.4, 0.5) is 5.69 Å². The minimum absolute atomic E-state index is 0.165. The largest absolute Gasteiger partial charge is 0.467 e. The highest BCUT2D eigenvalue weighted by atomic mass is 79.9. The molecule has 122 valence electrons. The number of anilines is 1. The van der Waals surface area contributed by atoms with Crippen LogP contribution < -0.4 is 16.4 Å². The summed E-state index contributed by atoms with van der Waals surface area (Å²) in [6.07, 6.45) is 1.53. The van der Waals surface area contributed by atoms with Gasteiger partial charge in [0.25, 0.3) is 5.91 Å². The van der Waals surface area contributed by atoms with Gasteiger partial charge in [0.1, 0.15) is 12.0 Å². The molecule has 0 spiro atoms. The SMILES string of the molecule is Cc1ccc(Br)cc1NC(=O)CCNC(=O)c1coc(CN)c1. The lowest BCUT2D eigenvalue weighted by atomic mass is 10.2. The minimum Gasteiger partial charge on any atom is -0.467 e. The van der Waals surface area contributed by atoms with Crippen molar-refractivity contribution in [3.8, 4) is 0 Å². The van der Waals surface area contributed by atoms with E-state index in [-0.39, 0.29) is 31.3 Å². The molecule has 0 saturated heterocycles. The van der Waals surface area contributed by atoms with E-state index in [0.29, 0.717) is 11.3 Å². The lowest BCUT2D eigenvalue weighted by Gasteiger charge is -2.09. The van der Waals surface area contributed by atoms with Gasteiger partial charge in [0.05, 0.1) is 12.1 Å². The number of furan rings is 1. The number of carbonyl (C=O) groups is 2. The van der Waals surface area contributed by atoms with E-state index in [0.717, 1.165) is 15.7 Å². The van der Waals surface area contributed by atoms with Crippen molar-refractivity contribution in [2.24, 2.45) is 5.73 Å². The molecule has 6 nitrogen and oxygen atoms in total. The number of amides is 2. The lowest BCUT2D eigenvalue weighted by Crippen LogP contribution is -2.27. The maximum absolute atomic E-state index is 11.9. The standard InChI is InChI=1S/C16H18BrN3O3/c1-10-2-3-12(17)7-14(10)20-15(21)4-5-19-16(22)11-6-13(8-18)23-9-11/h2-3,6-7,9H,4-5,8,18H2,1H3,(H,19,22)(H,20,21). The van der Waals surface area contributed by atoms with Crippen LogP contribution in [0.2, 0.25) is 0 Å². The van der Waals surface area contributed by atoms with Gasteiger partial charge in [0, 0.05) is 23.1 Å². The van der Waals surface area contributed by atoms with E-state index in [1.165, 1.54) is 6.26 Å². The number of benzene rings is 1. The molecule has 0 bridgehead atoms. The molecule has 0 radical (unpaired) electrons. The molecule has 23 heavy (non-hydrogen) atoms. The van der Waals surface area contributed by atoms with Gasteiger partial charge in [0.15, 0.2) is 0 Å². The number of hydrogen-bond donors (Lipinski definition) is 3. The summed E-state index contributed by atoms with van der Waals surface area (Å²) in [5.41, 5.74) is 7.53. The third-order valence-electron chi connectivity index (χ3n) is 3.23. The Morgan fingerprint density at radius 1 is 1.30 bits per heavy atom. The second-order valence-corrected chi connectivity index (χ2v) is 5.93. The molecule has 2 aromatic rings. The fraction of sp³-hybridized carbons (Fsp3) is 0.250. The average molecular weight is 380 g/mol. The fourth-order valence-corrected chi connectivity index (χ4v) is 2.30. The Hall–Kier alpha value is -2.12. The maximum atomic E-state index is 11.9. The van der Waals surface area contributed by atoms with Gasteiger partial charge in [-0.15, -0.1) is 0 Å². The monoisotopic (exact) mass is 379 g/mol. The summed E-state index contributed by atoms with van der Waals surface area (Å²) in [6, 6.07) is 7.24. The number of hydrogen-bond acceptors (Lipinski definition) is 4. The van der Waals surface area contributed by atoms with Crippen LogP contribution in [0, 0.1) is 6.92 Å². The van der Waals surface area contributed by atoms with Crippen LogP contribution in [0.1, 0.15) is 28.1 Å². The van der Waals surface area contributed by atoms with E-state index < -0.39 is 0 Å². The summed E-state index contributed by atoms with van der Waals surface area (Å²) in [4.78, 5) is 23.8. The van der Waals surface area contributed by atoms with Gasteiger partial charge in [0.2, 0.25) is 5.91 Å². The summed E-state index contributed by atoms with van der Waals surface area (Å²) in [7, 11) is 0. The lowest BCUT2D eigenvalue weighted by molar-refractivity contribution is -0.116. The normalized spacial score (nSPS) is 10.4. The summed E-state index contributed by atoms with van der Waals surface area (Å²) in [5, 5.41) is 5.49. The number of nitrogens with one attached hydrogen (secondary N) is 2. The van der Waals surface area contributed by atoms with Crippen molar-refractivity contribution in [1.29, 1.82) is 0 Å². The predicted octanol–water partition coefficient (Wildman–Crippen LogP) is 2.57. The smallest absolute Gasteiger partial charge is 0.254 e. The minimum atomic E-state index is -0.292. The summed E-state index contributed by atoms with van der Waals surface area (Å²) >= 11 is 3.37. The zero-order chi connectivity index (χ0) is 16.8. The molecule has 0 unspecified atom stereocenters. The first-order chi connectivity index (χ1) is 11.0. The second kappa shape index (κ2) is 7.94. The van der Waals surface area contributed by atoms with E-state index in [9.17, 15) is 9.59 Å². The van der Waals surface area contributed by atoms with Crippen LogP contribution in [-0.2, 0) is 11.3 Å². The molecule has 1 heterocycles. The van der Waals surface area contributed by atoms with Crippen molar-refractivity contribution in [3.05, 3.63) is 51.9 Å². The van der Waals surface area contributed by atoms with Gasteiger partial charge in [-0.1, -0.05) is 22.0 Å². The second-order valence-electron chi connectivity index (χ2n) is 5.02. The van der Waals surface area contributed by atoms with Gasteiger partial charge in [-0.3, -0.25) is 9.59 Å². The van der Waals surface area contributed by atoms with Gasteiger partial charge >= 0.3 is 0 Å². The summed E-state index contributed by atoms with van der Waals surface area (Å²) in [5.74, 6) is 0.0826. The Balaban J connectivity index is 1.80. The van der Waals surface area contributed by atoms with Crippen LogP contribution in [0.5, 0.6) is 0 Å². The molecule has 2 amide bonds. The number of halogens is 1. The highest BCUT2D eigenvalue weighted by Gasteiger charge is 2.10. The average Bonchev–Trinajstić information content (AvgIpc) is 3.00. The molecule has 2 rings (SSSR count). The van der Waals surface area contributed by atoms with Crippen LogP contribution >= 0.6 is 15.9 Å². The molecule has 1 aromatic carbocycles. The number of rotatable bonds is 6. The Kier molecular flexibility index (Phi) is 5.95. The van der Waals surface area contributed by atoms with E-state index >= 15 is 0 Å². The van der Waals surface area contributed by atoms with Crippen molar-refractivity contribution >= 4 is 33.4 Å². The van der Waals surface area contributed by atoms with Crippen LogP contribution in [0.3, 0.4) is 0 Å². The first kappa shape index (κ1) is 17.2. The van der Waals surface area contributed by atoms with Gasteiger partial charge in [-0.2, -0.15) is 0 Å². The Labute approximate surface area is 142 Å². The third kappa shape index (κ3) is 4.94. The van der Waals surface area contributed by atoms with E-state index in [1.54, 1.807) is 6.07 Å². The highest BCUT2D eigenvalue weighted by Crippen LogP contribution is 2.20. The quantitative estimate of drug-likeness (QED) is 0.718. The summed E-state index contributed by atoms with van der Waals surface area (Å²) < 4.78 is 5.99. The Bertz CT molecular complexity index is 712. The molecule has 0 atom stereocenters. The van der Waals surface area contributed by atoms with Gasteiger partial charge in [-0.05, 0) is 30.7 Å². The topological polar surface area (TPSA) is 97.4 Å². The zero-order valence-electron chi connectivity index (χ0n) is 12.7. The highest BCUT2D eigenvalue weighted by molar-refractivity contribution is 9.10. The van der Waals surface area contributed by atoms with Gasteiger partial charge < -0.3 is 20.8 Å². The molecule has 0 saturated carbocycles. The molecular weight excluding hydrogens is 362 g/mol. The van der Waals surface area contributed by atoms with E-state index in [4.69, 9.17) is 10.2 Å². The van der Waals surface area contributed by atoms with Gasteiger partial charge in [-0.25, -0.2) is 0 Å². The molecule has 1 aromatic heterocycles. The van der Waals surface area contributed by atoms with Crippen LogP contribution in [0.25, 0.3) is 0 Å². The van der Waals surface area contributed by atoms with Crippen molar-refractivity contribution in [3.63, 3.8) is 0 Å². The maximum Gasteiger partial charge on any atom is 0.254 e. The Morgan fingerprint density at radius 3 is 2.78 bits per heavy atom. The third-order valence-corrected chi connectivity index (χ3v) is 3.72. The van der Waals surface area contributed by atoms with Crippen molar-refractivity contribution in [2.75, 3.05) is 11.9 Å². The predicted molar refractivity (Wildman–Crippen MR) is 91.1 cm³/mol. The molecule has 0 aliphatic carbocycles. The van der Waals surface area contributed by atoms with Crippen molar-refractivity contribution in [2.45, 2.75) is 19.9 Å². The number of carbonyl (C=O) groups excluding carboxylic acids is 2. The number of aryl methyl sites for hydroxylation is 1. The fourth-order valence-electron chi connectivity index (χ4n) is 1.94. The van der Waals surface area contributed by atoms with Crippen LogP contribution in [-0.4, -0.2) is 18.4 Å². The molecule has 4 N–H and O–H groups in total. The molecule has 0 aliphatic heterocycles.